The first-order valence-corrected chi connectivity index (χ1v) is 12.7. The number of ether oxygens (including phenoxy) is 4. The first-order chi connectivity index (χ1) is 19.5. The smallest absolute Gasteiger partial charge is 0.197 e. The van der Waals surface area contributed by atoms with Crippen molar-refractivity contribution in [1.82, 2.24) is 0 Å². The molecule has 8 N–H and O–H groups in total. The topological polar surface area (TPSA) is 229 Å². The minimum absolute atomic E-state index is 0.145. The van der Waals surface area contributed by atoms with Crippen LogP contribution in [-0.2, 0) is 14.2 Å². The van der Waals surface area contributed by atoms with Crippen molar-refractivity contribution in [1.29, 1.82) is 0 Å². The van der Waals surface area contributed by atoms with E-state index in [1.807, 2.05) is 0 Å². The van der Waals surface area contributed by atoms with Crippen LogP contribution in [0.5, 0.6) is 17.2 Å². The van der Waals surface area contributed by atoms with Gasteiger partial charge >= 0.3 is 0 Å². The minimum Gasteiger partial charge on any atom is -0.507 e. The molecule has 0 radical (unpaired) electrons. The van der Waals surface area contributed by atoms with Crippen LogP contribution in [-0.4, -0.2) is 110 Å². The van der Waals surface area contributed by atoms with Crippen LogP contribution >= 0.6 is 0 Å². The number of hydrogen-bond donors (Lipinski definition) is 8. The Labute approximate surface area is 231 Å². The number of methoxy groups -OCH3 is 1. The maximum atomic E-state index is 13.1. The highest BCUT2D eigenvalue weighted by atomic mass is 16.7. The number of rotatable bonds is 6. The van der Waals surface area contributed by atoms with E-state index in [2.05, 4.69) is 0 Å². The summed E-state index contributed by atoms with van der Waals surface area (Å²) in [7, 11) is 1.50. The van der Waals surface area contributed by atoms with Crippen molar-refractivity contribution in [2.24, 2.45) is 0 Å². The molecule has 0 amide bonds. The lowest BCUT2D eigenvalue weighted by Gasteiger charge is -2.42. The van der Waals surface area contributed by atoms with E-state index < -0.39 is 84.2 Å². The Balaban J connectivity index is 1.44. The lowest BCUT2D eigenvalue weighted by atomic mass is 9.89. The molecule has 9 atom stereocenters. The highest BCUT2D eigenvalue weighted by Crippen LogP contribution is 2.44. The first kappa shape index (κ1) is 29.2. The van der Waals surface area contributed by atoms with Crippen molar-refractivity contribution < 1.29 is 64.2 Å². The second-order valence-corrected chi connectivity index (χ2v) is 9.89. The number of benzene rings is 2. The third kappa shape index (κ3) is 5.37. The van der Waals surface area contributed by atoms with Gasteiger partial charge in [0, 0.05) is 17.7 Å². The Kier molecular flexibility index (Phi) is 8.20. The molecule has 3 aromatic rings. The first-order valence-electron chi connectivity index (χ1n) is 12.7. The fourth-order valence-electron chi connectivity index (χ4n) is 4.93. The summed E-state index contributed by atoms with van der Waals surface area (Å²) < 4.78 is 27.1. The van der Waals surface area contributed by atoms with E-state index in [0.29, 0.717) is 11.3 Å². The molecule has 14 nitrogen and oxygen atoms in total. The van der Waals surface area contributed by atoms with Crippen molar-refractivity contribution in [3.63, 3.8) is 0 Å². The Morgan fingerprint density at radius 2 is 1.61 bits per heavy atom. The standard InChI is InChI=1S/C27H30O14/c1-37-11-4-2-10(3-5-11)15-6-12(28)18-16(40-15)7-13(29)19(22(18)33)26-24(35)23(34)21(32)17(41-26)9-39-27-25(36)20(31)14(30)8-38-27/h2-7,14,17,20-21,23-27,29-36H,8-9H2,1H3/t14-,17-,20+,21-,23+,24-,25-,26+,27+/m1/s1. The molecule has 41 heavy (non-hydrogen) atoms. The molecule has 14 heteroatoms. The van der Waals surface area contributed by atoms with Gasteiger partial charge in [-0.25, -0.2) is 0 Å². The molecule has 2 aromatic carbocycles. The van der Waals surface area contributed by atoms with Gasteiger partial charge in [0.05, 0.1) is 25.9 Å². The zero-order valence-electron chi connectivity index (χ0n) is 21.6. The fourth-order valence-corrected chi connectivity index (χ4v) is 4.93. The molecule has 2 fully saturated rings. The lowest BCUT2D eigenvalue weighted by molar-refractivity contribution is -0.292. The normalized spacial score (nSPS) is 32.2. The third-order valence-electron chi connectivity index (χ3n) is 7.26. The molecule has 2 aliphatic heterocycles. The highest BCUT2D eigenvalue weighted by molar-refractivity contribution is 5.88. The number of aliphatic hydroxyl groups is 6. The highest BCUT2D eigenvalue weighted by Gasteiger charge is 2.47. The summed E-state index contributed by atoms with van der Waals surface area (Å²) in [5.41, 5.74) is -0.770. The van der Waals surface area contributed by atoms with E-state index in [4.69, 9.17) is 23.4 Å². The molecule has 0 saturated carbocycles. The predicted octanol–water partition coefficient (Wildman–Crippen LogP) is -1.14. The van der Waals surface area contributed by atoms with Crippen LogP contribution in [0.4, 0.5) is 0 Å². The molecule has 0 unspecified atom stereocenters. The van der Waals surface area contributed by atoms with Gasteiger partial charge in [0.15, 0.2) is 11.7 Å². The third-order valence-corrected chi connectivity index (χ3v) is 7.26. The number of aromatic hydroxyl groups is 2. The molecule has 3 heterocycles. The number of phenols is 2. The van der Waals surface area contributed by atoms with Gasteiger partial charge in [-0.2, -0.15) is 0 Å². The van der Waals surface area contributed by atoms with Crippen molar-refractivity contribution in [3.8, 4) is 28.6 Å². The maximum Gasteiger partial charge on any atom is 0.197 e. The Morgan fingerprint density at radius 1 is 0.902 bits per heavy atom. The number of fused-ring (bicyclic) bond motifs is 1. The largest absolute Gasteiger partial charge is 0.507 e. The summed E-state index contributed by atoms with van der Waals surface area (Å²) in [6.07, 6.45) is -14.5. The van der Waals surface area contributed by atoms with Crippen LogP contribution in [0.2, 0.25) is 0 Å². The number of hydrogen-bond acceptors (Lipinski definition) is 14. The monoisotopic (exact) mass is 578 g/mol. The Hall–Kier alpha value is -3.31. The molecular weight excluding hydrogens is 548 g/mol. The van der Waals surface area contributed by atoms with Gasteiger partial charge in [-0.05, 0) is 24.3 Å². The lowest BCUT2D eigenvalue weighted by Crippen LogP contribution is -2.57. The fraction of sp³-hybridized carbons (Fsp3) is 0.444. The van der Waals surface area contributed by atoms with Crippen LogP contribution in [0.3, 0.4) is 0 Å². The molecule has 0 bridgehead atoms. The van der Waals surface area contributed by atoms with Gasteiger partial charge in [-0.1, -0.05) is 0 Å². The summed E-state index contributed by atoms with van der Waals surface area (Å²) in [6.45, 7) is -0.892. The average Bonchev–Trinajstić information content (AvgIpc) is 2.95. The van der Waals surface area contributed by atoms with Gasteiger partial charge in [0.25, 0.3) is 0 Å². The van der Waals surface area contributed by atoms with Gasteiger partial charge < -0.3 is 64.2 Å². The van der Waals surface area contributed by atoms with Crippen molar-refractivity contribution in [3.05, 3.63) is 52.2 Å². The Bertz CT molecular complexity index is 1440. The van der Waals surface area contributed by atoms with Crippen LogP contribution in [0.25, 0.3) is 22.3 Å². The molecule has 222 valence electrons. The minimum atomic E-state index is -1.87. The van der Waals surface area contributed by atoms with E-state index in [1.54, 1.807) is 24.3 Å². The molecule has 2 aliphatic rings. The molecule has 1 aromatic heterocycles. The van der Waals surface area contributed by atoms with Crippen molar-refractivity contribution >= 4 is 11.0 Å². The van der Waals surface area contributed by atoms with E-state index in [1.165, 1.54) is 7.11 Å². The van der Waals surface area contributed by atoms with Crippen LogP contribution in [0, 0.1) is 0 Å². The predicted molar refractivity (Wildman–Crippen MR) is 137 cm³/mol. The average molecular weight is 579 g/mol. The number of aliphatic hydroxyl groups excluding tert-OH is 6. The molecule has 5 rings (SSSR count). The summed E-state index contributed by atoms with van der Waals surface area (Å²) >= 11 is 0. The van der Waals surface area contributed by atoms with Crippen molar-refractivity contribution in [2.45, 2.75) is 55.1 Å². The van der Waals surface area contributed by atoms with Gasteiger partial charge in [0.1, 0.15) is 82.8 Å². The second kappa shape index (κ2) is 11.5. The zero-order valence-corrected chi connectivity index (χ0v) is 21.6. The zero-order chi connectivity index (χ0) is 29.6. The maximum absolute atomic E-state index is 13.1. The summed E-state index contributed by atoms with van der Waals surface area (Å²) in [6, 6.07) is 8.81. The van der Waals surface area contributed by atoms with Crippen molar-refractivity contribution in [2.75, 3.05) is 20.3 Å². The second-order valence-electron chi connectivity index (χ2n) is 9.89. The van der Waals surface area contributed by atoms with Gasteiger partial charge in [-0.3, -0.25) is 4.79 Å². The van der Waals surface area contributed by atoms with Crippen LogP contribution in [0.15, 0.2) is 45.6 Å². The van der Waals surface area contributed by atoms with Crippen LogP contribution in [0.1, 0.15) is 11.7 Å². The summed E-state index contributed by atoms with van der Waals surface area (Å²) in [4.78, 5) is 13.1. The van der Waals surface area contributed by atoms with Crippen LogP contribution < -0.4 is 10.2 Å². The van der Waals surface area contributed by atoms with E-state index in [0.717, 1.165) is 12.1 Å². The van der Waals surface area contributed by atoms with E-state index >= 15 is 0 Å². The van der Waals surface area contributed by atoms with Gasteiger partial charge in [-0.15, -0.1) is 0 Å². The van der Waals surface area contributed by atoms with E-state index in [-0.39, 0.29) is 23.3 Å². The summed E-state index contributed by atoms with van der Waals surface area (Å²) in [5.74, 6) is -0.685. The van der Waals surface area contributed by atoms with E-state index in [9.17, 15) is 45.6 Å². The molecule has 0 spiro atoms. The molecule has 0 aliphatic carbocycles. The Morgan fingerprint density at radius 3 is 2.29 bits per heavy atom. The molecular formula is C27H30O14. The SMILES string of the molecule is COc1ccc(-c2cc(=O)c3c(O)c([C@@H]4O[C@H](CO[C@@H]5OC[C@@H](O)[C@H](O)[C@H]5O)[C@@H](O)[C@H](O)[C@H]4O)c(O)cc3o2)cc1. The number of phenolic OH excluding ortho intramolecular Hbond substituents is 2. The summed E-state index contributed by atoms with van der Waals surface area (Å²) in [5, 5.41) is 82.8. The molecule has 2 saturated heterocycles. The van der Waals surface area contributed by atoms with Gasteiger partial charge in [0.2, 0.25) is 0 Å². The quantitative estimate of drug-likeness (QED) is 0.173.